The van der Waals surface area contributed by atoms with Crippen molar-refractivity contribution in [2.45, 2.75) is 42.9 Å². The van der Waals surface area contributed by atoms with E-state index in [9.17, 15) is 19.2 Å². The second-order valence-electron chi connectivity index (χ2n) is 12.9. The number of carbonyl (C=O) groups is 4. The number of imide groups is 1. The van der Waals surface area contributed by atoms with Crippen LogP contribution in [0.5, 0.6) is 0 Å². The molecule has 20 nitrogen and oxygen atoms in total. The van der Waals surface area contributed by atoms with E-state index in [-0.39, 0.29) is 43.6 Å². The molecule has 0 bridgehead atoms. The fraction of sp³-hybridized carbons (Fsp3) is 0.775. The van der Waals surface area contributed by atoms with Crippen LogP contribution in [0.1, 0.15) is 32.6 Å². The van der Waals surface area contributed by atoms with E-state index in [0.29, 0.717) is 163 Å². The average molecular weight is 926 g/mol. The molecule has 1 atom stereocenters. The summed E-state index contributed by atoms with van der Waals surface area (Å²) in [7, 11) is 3.21. The van der Waals surface area contributed by atoms with Gasteiger partial charge in [0, 0.05) is 37.3 Å². The summed E-state index contributed by atoms with van der Waals surface area (Å²) in [6.45, 7) is 12.7. The van der Waals surface area contributed by atoms with Crippen LogP contribution in [0.3, 0.4) is 0 Å². The van der Waals surface area contributed by atoms with Crippen molar-refractivity contribution in [2.75, 3.05) is 165 Å². The summed E-state index contributed by atoms with van der Waals surface area (Å²) < 4.78 is 65.5. The molecule has 0 saturated carbocycles. The van der Waals surface area contributed by atoms with Crippen LogP contribution in [0.15, 0.2) is 29.4 Å². The molecule has 1 aliphatic rings. The van der Waals surface area contributed by atoms with E-state index < -0.39 is 17.8 Å². The Balaban J connectivity index is 1.14. The lowest BCUT2D eigenvalue weighted by atomic mass is 10.3. The first-order valence-electron chi connectivity index (χ1n) is 21.0. The maximum absolute atomic E-state index is 12.1. The third kappa shape index (κ3) is 33.9. The van der Waals surface area contributed by atoms with Crippen molar-refractivity contribution in [3.05, 3.63) is 24.4 Å². The van der Waals surface area contributed by atoms with Crippen LogP contribution in [0.2, 0.25) is 0 Å². The summed E-state index contributed by atoms with van der Waals surface area (Å²) in [4.78, 5) is 55.6. The van der Waals surface area contributed by atoms with Crippen molar-refractivity contribution in [1.82, 2.24) is 15.4 Å². The molecule has 22 heteroatoms. The summed E-state index contributed by atoms with van der Waals surface area (Å²) in [5.74, 6) is -1.73. The molecule has 0 spiro atoms. The zero-order chi connectivity index (χ0) is 44.4. The van der Waals surface area contributed by atoms with Crippen LogP contribution in [0.4, 0.5) is 0 Å². The van der Waals surface area contributed by atoms with Gasteiger partial charge in [0.25, 0.3) is 11.8 Å². The average Bonchev–Trinajstić information content (AvgIpc) is 3.58. The number of hydrogen-bond donors (Lipinski definition) is 1. The first kappa shape index (κ1) is 55.6. The quantitative estimate of drug-likeness (QED) is 0.0562. The van der Waals surface area contributed by atoms with Gasteiger partial charge >= 0.3 is 5.97 Å². The number of pyridine rings is 1. The smallest absolute Gasteiger partial charge is 0.335 e. The topological polar surface area (TPSA) is 216 Å². The van der Waals surface area contributed by atoms with Gasteiger partial charge in [-0.2, -0.15) is 0 Å². The van der Waals surface area contributed by atoms with Crippen LogP contribution in [-0.4, -0.2) is 204 Å². The SMILES string of the molecule is CC(CC(=O)NCCOCCOCCOCCOCCOCCOCCOCCOCCOCCOCCOCCOCCC(=O)ON1C(=O)CCC1=O)SSc1ccccn1. The minimum absolute atomic E-state index is 0.00561. The number of carbonyl (C=O) groups excluding carboxylic acids is 4. The molecule has 356 valence electrons. The molecular weight excluding hydrogens is 859 g/mol. The first-order chi connectivity index (χ1) is 30.5. The monoisotopic (exact) mass is 925 g/mol. The van der Waals surface area contributed by atoms with E-state index in [1.165, 1.54) is 0 Å². The molecule has 1 unspecified atom stereocenters. The number of nitrogens with one attached hydrogen (secondary N) is 1. The standard InChI is InChI=1S/C40H67N3O17S2/c1-35(61-62-37-4-2-3-8-42-37)34-36(44)41-9-11-49-13-15-51-17-19-53-21-23-55-25-27-57-29-31-59-33-32-58-30-28-56-26-24-54-22-20-52-18-16-50-14-12-48-10-7-40(47)60-43-38(45)5-6-39(43)46/h2-4,8,35H,5-7,9-34H2,1H3,(H,41,44). The second kappa shape index (κ2) is 41.2. The van der Waals surface area contributed by atoms with Crippen molar-refractivity contribution in [3.63, 3.8) is 0 Å². The number of rotatable bonds is 45. The van der Waals surface area contributed by atoms with Crippen molar-refractivity contribution >= 4 is 45.3 Å². The Morgan fingerprint density at radius 2 is 0.952 bits per heavy atom. The Morgan fingerprint density at radius 1 is 0.581 bits per heavy atom. The second-order valence-corrected chi connectivity index (χ2v) is 15.5. The minimum Gasteiger partial charge on any atom is -0.378 e. The van der Waals surface area contributed by atoms with Gasteiger partial charge in [-0.25, -0.2) is 9.78 Å². The Morgan fingerprint density at radius 3 is 1.32 bits per heavy atom. The third-order valence-electron chi connectivity index (χ3n) is 7.72. The van der Waals surface area contributed by atoms with Crippen LogP contribution in [0, 0.1) is 0 Å². The lowest BCUT2D eigenvalue weighted by molar-refractivity contribution is -0.198. The molecule has 1 N–H and O–H groups in total. The lowest BCUT2D eigenvalue weighted by Gasteiger charge is -2.12. The predicted octanol–water partition coefficient (Wildman–Crippen LogP) is 1.91. The molecule has 1 aromatic rings. The molecule has 0 aliphatic carbocycles. The van der Waals surface area contributed by atoms with Crippen molar-refractivity contribution in [1.29, 1.82) is 0 Å². The van der Waals surface area contributed by atoms with Gasteiger partial charge in [-0.15, -0.1) is 5.06 Å². The molecule has 1 saturated heterocycles. The van der Waals surface area contributed by atoms with Gasteiger partial charge in [0.2, 0.25) is 5.91 Å². The predicted molar refractivity (Wildman–Crippen MR) is 226 cm³/mol. The summed E-state index contributed by atoms with van der Waals surface area (Å²) in [6, 6.07) is 5.77. The van der Waals surface area contributed by atoms with Crippen molar-refractivity contribution < 1.29 is 80.9 Å². The van der Waals surface area contributed by atoms with E-state index >= 15 is 0 Å². The number of nitrogens with zero attached hydrogens (tertiary/aromatic N) is 2. The van der Waals surface area contributed by atoms with Gasteiger partial charge in [0.1, 0.15) is 5.03 Å². The normalized spacial score (nSPS) is 13.3. The fourth-order valence-corrected chi connectivity index (χ4v) is 6.65. The van der Waals surface area contributed by atoms with Crippen LogP contribution in [-0.2, 0) is 80.9 Å². The minimum atomic E-state index is -0.703. The summed E-state index contributed by atoms with van der Waals surface area (Å²) >= 11 is 0. The molecule has 0 aromatic carbocycles. The molecule has 2 rings (SSSR count). The largest absolute Gasteiger partial charge is 0.378 e. The Bertz CT molecular complexity index is 1250. The van der Waals surface area contributed by atoms with Gasteiger partial charge in [-0.3, -0.25) is 14.4 Å². The van der Waals surface area contributed by atoms with E-state index in [1.54, 1.807) is 27.8 Å². The molecule has 3 amide bonds. The number of ether oxygens (including phenoxy) is 12. The Labute approximate surface area is 372 Å². The summed E-state index contributed by atoms with van der Waals surface area (Å²) in [5, 5.41) is 4.50. The molecule has 1 aromatic heterocycles. The van der Waals surface area contributed by atoms with Gasteiger partial charge in [-0.05, 0) is 22.9 Å². The summed E-state index contributed by atoms with van der Waals surface area (Å²) in [6.07, 6.45) is 2.23. The van der Waals surface area contributed by atoms with E-state index in [4.69, 9.17) is 61.7 Å². The van der Waals surface area contributed by atoms with Crippen LogP contribution < -0.4 is 5.32 Å². The molecule has 2 heterocycles. The zero-order valence-corrected chi connectivity index (χ0v) is 37.7. The lowest BCUT2D eigenvalue weighted by Crippen LogP contribution is -2.32. The van der Waals surface area contributed by atoms with E-state index in [2.05, 4.69) is 10.3 Å². The third-order valence-corrected chi connectivity index (χ3v) is 10.5. The van der Waals surface area contributed by atoms with Crippen molar-refractivity contribution in [3.8, 4) is 0 Å². The number of amides is 3. The molecule has 62 heavy (non-hydrogen) atoms. The highest BCUT2D eigenvalue weighted by atomic mass is 33.1. The highest BCUT2D eigenvalue weighted by molar-refractivity contribution is 8.76. The molecular formula is C40H67N3O17S2. The van der Waals surface area contributed by atoms with Crippen LogP contribution >= 0.6 is 21.6 Å². The first-order valence-corrected chi connectivity index (χ1v) is 23.2. The van der Waals surface area contributed by atoms with Gasteiger partial charge < -0.3 is 67.0 Å². The highest BCUT2D eigenvalue weighted by Gasteiger charge is 2.32. The van der Waals surface area contributed by atoms with Crippen LogP contribution in [0.25, 0.3) is 0 Å². The van der Waals surface area contributed by atoms with Gasteiger partial charge in [0.05, 0.1) is 165 Å². The summed E-state index contributed by atoms with van der Waals surface area (Å²) in [5.41, 5.74) is 0. The molecule has 1 fully saturated rings. The maximum Gasteiger partial charge on any atom is 0.335 e. The Hall–Kier alpha value is -2.55. The maximum atomic E-state index is 12.1. The zero-order valence-electron chi connectivity index (χ0n) is 36.0. The number of aromatic nitrogens is 1. The highest BCUT2D eigenvalue weighted by Crippen LogP contribution is 2.34. The number of hydroxylamine groups is 2. The number of hydrogen-bond acceptors (Lipinski definition) is 20. The van der Waals surface area contributed by atoms with Gasteiger partial charge in [-0.1, -0.05) is 23.8 Å². The molecule has 1 aliphatic heterocycles. The Kier molecular flexibility index (Phi) is 36.9. The van der Waals surface area contributed by atoms with E-state index in [0.717, 1.165) is 5.03 Å². The van der Waals surface area contributed by atoms with Gasteiger partial charge in [0.15, 0.2) is 0 Å². The van der Waals surface area contributed by atoms with Crippen molar-refractivity contribution in [2.24, 2.45) is 0 Å². The molecule has 0 radical (unpaired) electrons. The van der Waals surface area contributed by atoms with E-state index in [1.807, 2.05) is 25.1 Å². The fourth-order valence-electron chi connectivity index (χ4n) is 4.64.